The summed E-state index contributed by atoms with van der Waals surface area (Å²) in [6, 6.07) is 0. The summed E-state index contributed by atoms with van der Waals surface area (Å²) in [6.45, 7) is 3.45. The van der Waals surface area contributed by atoms with Crippen LogP contribution in [0, 0.1) is 0 Å². The van der Waals surface area contributed by atoms with Gasteiger partial charge in [-0.2, -0.15) is 0 Å². The Balaban J connectivity index is 2.51. The molecule has 8 heteroatoms. The fraction of sp³-hybridized carbons (Fsp3) is 0.571. The van der Waals surface area contributed by atoms with Crippen molar-refractivity contribution in [2.75, 3.05) is 14.2 Å². The van der Waals surface area contributed by atoms with E-state index in [4.69, 9.17) is 19.3 Å². The summed E-state index contributed by atoms with van der Waals surface area (Å²) in [5.74, 6) is -3.25. The largest absolute Gasteiger partial charge is 0.507 e. The summed E-state index contributed by atoms with van der Waals surface area (Å²) in [6.07, 6.45) is 2.32. The van der Waals surface area contributed by atoms with E-state index in [-0.39, 0.29) is 34.5 Å². The van der Waals surface area contributed by atoms with Gasteiger partial charge in [0.1, 0.15) is 11.9 Å². The highest BCUT2D eigenvalue weighted by atomic mass is 16.7. The van der Waals surface area contributed by atoms with Gasteiger partial charge in [-0.3, -0.25) is 9.59 Å². The number of ether oxygens (including phenoxy) is 3. The molecule has 0 fully saturated rings. The maximum Gasteiger partial charge on any atom is 0.330 e. The molecule has 0 spiro atoms. The highest BCUT2D eigenvalue weighted by Gasteiger charge is 2.47. The summed E-state index contributed by atoms with van der Waals surface area (Å²) in [5, 5.41) is 19.9. The van der Waals surface area contributed by atoms with Gasteiger partial charge in [0.25, 0.3) is 0 Å². The molecule has 0 saturated carbocycles. The molecule has 2 rings (SSSR count). The standard InChI is InChI=1S/C21H28O8/c1-5-6-7-8-13-19(27-3)14-15(21(28-4)29-13)18(24)17(23)12(16(14)22)10-9-11(2)20(25)26/h9,13,19,21-22H,5-8,10H2,1-4H3,(H,25,26)/b11-9+/t13-,19-,21+/m1/s1. The molecule has 8 nitrogen and oxygen atoms in total. The van der Waals surface area contributed by atoms with E-state index < -0.39 is 36.0 Å². The van der Waals surface area contributed by atoms with Crippen LogP contribution in [0.4, 0.5) is 0 Å². The Hall–Kier alpha value is -2.29. The van der Waals surface area contributed by atoms with E-state index in [1.54, 1.807) is 0 Å². The Labute approximate surface area is 169 Å². The van der Waals surface area contributed by atoms with Crippen LogP contribution in [-0.2, 0) is 28.6 Å². The molecule has 0 amide bonds. The first-order valence-electron chi connectivity index (χ1n) is 9.65. The maximum atomic E-state index is 12.8. The molecule has 29 heavy (non-hydrogen) atoms. The van der Waals surface area contributed by atoms with E-state index in [0.717, 1.165) is 19.3 Å². The van der Waals surface area contributed by atoms with E-state index >= 15 is 0 Å². The van der Waals surface area contributed by atoms with Gasteiger partial charge in [0.15, 0.2) is 6.29 Å². The Morgan fingerprint density at radius 3 is 2.38 bits per heavy atom. The molecule has 0 aromatic rings. The first-order valence-corrected chi connectivity index (χ1v) is 9.65. The highest BCUT2D eigenvalue weighted by molar-refractivity contribution is 6.50. The lowest BCUT2D eigenvalue weighted by Gasteiger charge is -2.39. The van der Waals surface area contributed by atoms with E-state index in [1.807, 2.05) is 0 Å². The van der Waals surface area contributed by atoms with Gasteiger partial charge in [0, 0.05) is 30.9 Å². The molecule has 0 aromatic carbocycles. The van der Waals surface area contributed by atoms with Crippen molar-refractivity contribution in [3.63, 3.8) is 0 Å². The number of rotatable bonds is 9. The SMILES string of the molecule is CCCCC[C@H]1O[C@H](OC)C2=C(C(O)=C(C/C=C(\C)C(=O)O)C(=O)C2=O)[C@@H]1OC. The number of Topliss-reactive ketones (excluding diaryl/α,β-unsaturated/α-hetero) is 2. The quantitative estimate of drug-likeness (QED) is 0.259. The van der Waals surface area contributed by atoms with Crippen molar-refractivity contribution in [3.05, 3.63) is 34.1 Å². The van der Waals surface area contributed by atoms with E-state index in [9.17, 15) is 19.5 Å². The Kier molecular flexibility index (Phi) is 7.89. The first kappa shape index (κ1) is 23.0. The predicted molar refractivity (Wildman–Crippen MR) is 103 cm³/mol. The van der Waals surface area contributed by atoms with Gasteiger partial charge < -0.3 is 24.4 Å². The molecule has 2 N–H and O–H groups in total. The van der Waals surface area contributed by atoms with E-state index in [0.29, 0.717) is 6.42 Å². The number of ketones is 2. The van der Waals surface area contributed by atoms with Crippen LogP contribution in [0.5, 0.6) is 0 Å². The van der Waals surface area contributed by atoms with Gasteiger partial charge in [0.05, 0.1) is 11.7 Å². The highest BCUT2D eigenvalue weighted by Crippen LogP contribution is 2.39. The van der Waals surface area contributed by atoms with Crippen molar-refractivity contribution in [2.45, 2.75) is 64.4 Å². The number of carbonyl (C=O) groups is 3. The third-order valence-corrected chi connectivity index (χ3v) is 5.22. The Bertz CT molecular complexity index is 774. The summed E-state index contributed by atoms with van der Waals surface area (Å²) >= 11 is 0. The molecule has 1 aliphatic heterocycles. The Morgan fingerprint density at radius 2 is 1.83 bits per heavy atom. The van der Waals surface area contributed by atoms with Crippen LogP contribution >= 0.6 is 0 Å². The van der Waals surface area contributed by atoms with Gasteiger partial charge in [0.2, 0.25) is 11.6 Å². The number of aliphatic hydroxyl groups is 1. The van der Waals surface area contributed by atoms with Crippen molar-refractivity contribution in [3.8, 4) is 0 Å². The molecule has 160 valence electrons. The summed E-state index contributed by atoms with van der Waals surface area (Å²) in [4.78, 5) is 36.4. The van der Waals surface area contributed by atoms with Gasteiger partial charge in [-0.05, 0) is 19.8 Å². The molecular formula is C21H28O8. The summed E-state index contributed by atoms with van der Waals surface area (Å²) < 4.78 is 16.7. The van der Waals surface area contributed by atoms with Crippen LogP contribution in [0.15, 0.2) is 34.1 Å². The lowest BCUT2D eigenvalue weighted by Crippen LogP contribution is -2.48. The molecule has 0 aromatic heterocycles. The molecule has 1 heterocycles. The fourth-order valence-electron chi connectivity index (χ4n) is 3.58. The van der Waals surface area contributed by atoms with E-state index in [2.05, 4.69) is 6.92 Å². The zero-order chi connectivity index (χ0) is 21.7. The predicted octanol–water partition coefficient (Wildman–Crippen LogP) is 2.63. The third-order valence-electron chi connectivity index (χ3n) is 5.22. The van der Waals surface area contributed by atoms with Gasteiger partial charge in [-0.1, -0.05) is 32.3 Å². The van der Waals surface area contributed by atoms with Gasteiger partial charge in [-0.15, -0.1) is 0 Å². The van der Waals surface area contributed by atoms with Crippen molar-refractivity contribution in [2.24, 2.45) is 0 Å². The minimum absolute atomic E-state index is 0.00723. The number of carboxylic acid groups (broad SMARTS) is 1. The summed E-state index contributed by atoms with van der Waals surface area (Å²) in [7, 11) is 2.81. The molecule has 1 aliphatic carbocycles. The number of aliphatic carboxylic acids is 1. The minimum Gasteiger partial charge on any atom is -0.507 e. The van der Waals surface area contributed by atoms with Gasteiger partial charge >= 0.3 is 5.97 Å². The number of allylic oxidation sites excluding steroid dienone is 2. The lowest BCUT2D eigenvalue weighted by molar-refractivity contribution is -0.178. The van der Waals surface area contributed by atoms with E-state index in [1.165, 1.54) is 27.2 Å². The smallest absolute Gasteiger partial charge is 0.330 e. The second kappa shape index (κ2) is 9.96. The van der Waals surface area contributed by atoms with Crippen LogP contribution < -0.4 is 0 Å². The minimum atomic E-state index is -1.14. The Morgan fingerprint density at radius 1 is 1.14 bits per heavy atom. The van der Waals surface area contributed by atoms with Crippen molar-refractivity contribution in [1.29, 1.82) is 0 Å². The number of carboxylic acids is 1. The normalized spacial score (nSPS) is 25.5. The maximum absolute atomic E-state index is 12.8. The zero-order valence-corrected chi connectivity index (χ0v) is 17.2. The second-order valence-corrected chi connectivity index (χ2v) is 7.10. The third kappa shape index (κ3) is 4.66. The number of methoxy groups -OCH3 is 2. The first-order chi connectivity index (χ1) is 13.8. The molecule has 3 atom stereocenters. The fourth-order valence-corrected chi connectivity index (χ4v) is 3.58. The van der Waals surface area contributed by atoms with Crippen molar-refractivity contribution >= 4 is 17.5 Å². The number of hydrogen-bond acceptors (Lipinski definition) is 7. The molecular weight excluding hydrogens is 380 g/mol. The van der Waals surface area contributed by atoms with Crippen LogP contribution in [0.25, 0.3) is 0 Å². The van der Waals surface area contributed by atoms with Crippen molar-refractivity contribution < 1.29 is 38.8 Å². The molecule has 0 saturated heterocycles. The molecule has 0 radical (unpaired) electrons. The molecule has 2 aliphatic rings. The molecule has 0 unspecified atom stereocenters. The topological polar surface area (TPSA) is 119 Å². The number of aliphatic hydroxyl groups excluding tert-OH is 1. The number of hydrogen-bond donors (Lipinski definition) is 2. The van der Waals surface area contributed by atoms with Crippen LogP contribution in [0.3, 0.4) is 0 Å². The lowest BCUT2D eigenvalue weighted by atomic mass is 9.80. The number of unbranched alkanes of at least 4 members (excludes halogenated alkanes) is 2. The van der Waals surface area contributed by atoms with Crippen LogP contribution in [0.2, 0.25) is 0 Å². The monoisotopic (exact) mass is 408 g/mol. The average Bonchev–Trinajstić information content (AvgIpc) is 2.70. The molecule has 0 bridgehead atoms. The number of carbonyl (C=O) groups excluding carboxylic acids is 2. The zero-order valence-electron chi connectivity index (χ0n) is 17.2. The van der Waals surface area contributed by atoms with Crippen LogP contribution in [-0.4, -0.2) is 60.5 Å². The second-order valence-electron chi connectivity index (χ2n) is 7.10. The van der Waals surface area contributed by atoms with Crippen molar-refractivity contribution in [1.82, 2.24) is 0 Å². The van der Waals surface area contributed by atoms with Crippen LogP contribution in [0.1, 0.15) is 46.0 Å². The average molecular weight is 408 g/mol. The summed E-state index contributed by atoms with van der Waals surface area (Å²) in [5.41, 5.74) is -0.0161. The van der Waals surface area contributed by atoms with Gasteiger partial charge in [-0.25, -0.2) is 4.79 Å².